The number of thioether (sulfide) groups is 1. The molecule has 2 aromatic heterocycles. The Labute approximate surface area is 169 Å². The molecule has 2 aromatic rings. The van der Waals surface area contributed by atoms with Crippen molar-refractivity contribution in [3.63, 3.8) is 0 Å². The van der Waals surface area contributed by atoms with Gasteiger partial charge in [0.25, 0.3) is 5.56 Å². The van der Waals surface area contributed by atoms with Crippen LogP contribution >= 0.6 is 23.1 Å². The van der Waals surface area contributed by atoms with Crippen molar-refractivity contribution in [2.24, 2.45) is 0 Å². The molecule has 0 spiro atoms. The van der Waals surface area contributed by atoms with E-state index in [1.807, 2.05) is 13.8 Å². The van der Waals surface area contributed by atoms with Crippen LogP contribution < -0.4 is 5.56 Å². The molecule has 3 heterocycles. The van der Waals surface area contributed by atoms with Crippen molar-refractivity contribution in [1.82, 2.24) is 14.5 Å². The second-order valence-corrected chi connectivity index (χ2v) is 10.1. The maximum atomic E-state index is 13.0. The Morgan fingerprint density at radius 1 is 1.33 bits per heavy atom. The number of fused-ring (bicyclic) bond motifs is 3. The number of aryl methyl sites for hydroxylation is 2. The second kappa shape index (κ2) is 8.64. The minimum atomic E-state index is 0.134. The highest BCUT2D eigenvalue weighted by Crippen LogP contribution is 2.35. The predicted molar refractivity (Wildman–Crippen MR) is 114 cm³/mol. The van der Waals surface area contributed by atoms with Crippen LogP contribution in [-0.4, -0.2) is 57.8 Å². The van der Waals surface area contributed by atoms with Crippen LogP contribution in [0.25, 0.3) is 10.2 Å². The van der Waals surface area contributed by atoms with Gasteiger partial charge in [0.05, 0.1) is 17.8 Å². The number of thiophene rings is 1. The van der Waals surface area contributed by atoms with Crippen LogP contribution in [0.15, 0.2) is 11.1 Å². The number of aromatic nitrogens is 2. The standard InChI is InChI=1S/C20H29N3O2S2/c1-14(2)25-9-3-6-23-13-21-19-18(20(23)24)16-5-4-15(12-17(16)27-19)22-7-10-26-11-8-22/h13-15H,3-12H2,1-2H3. The molecule has 1 unspecified atom stereocenters. The molecule has 0 bridgehead atoms. The van der Waals surface area contributed by atoms with Gasteiger partial charge in [0.2, 0.25) is 0 Å². The van der Waals surface area contributed by atoms with Gasteiger partial charge in [-0.2, -0.15) is 11.8 Å². The molecule has 2 aliphatic rings. The first-order chi connectivity index (χ1) is 13.1. The molecule has 5 nitrogen and oxygen atoms in total. The van der Waals surface area contributed by atoms with Crippen LogP contribution in [-0.2, 0) is 24.1 Å². The van der Waals surface area contributed by atoms with Crippen molar-refractivity contribution in [3.05, 3.63) is 27.1 Å². The van der Waals surface area contributed by atoms with E-state index in [-0.39, 0.29) is 11.7 Å². The molecule has 1 aliphatic heterocycles. The van der Waals surface area contributed by atoms with Crippen molar-refractivity contribution in [2.45, 2.75) is 58.2 Å². The molecule has 1 aliphatic carbocycles. The van der Waals surface area contributed by atoms with Gasteiger partial charge in [-0.25, -0.2) is 4.98 Å². The minimum absolute atomic E-state index is 0.134. The first kappa shape index (κ1) is 19.4. The number of hydrogen-bond donors (Lipinski definition) is 0. The van der Waals surface area contributed by atoms with Crippen LogP contribution in [0.5, 0.6) is 0 Å². The zero-order valence-electron chi connectivity index (χ0n) is 16.3. The normalized spacial score (nSPS) is 21.1. The average molecular weight is 408 g/mol. The van der Waals surface area contributed by atoms with Crippen molar-refractivity contribution >= 4 is 33.3 Å². The van der Waals surface area contributed by atoms with E-state index >= 15 is 0 Å². The summed E-state index contributed by atoms with van der Waals surface area (Å²) in [5.41, 5.74) is 1.41. The van der Waals surface area contributed by atoms with E-state index in [9.17, 15) is 4.79 Å². The SMILES string of the molecule is CC(C)OCCCn1cnc2sc3c(c2c1=O)CCC(N1CCSCC1)C3. The Morgan fingerprint density at radius 3 is 2.93 bits per heavy atom. The van der Waals surface area contributed by atoms with Gasteiger partial charge in [0.15, 0.2) is 0 Å². The summed E-state index contributed by atoms with van der Waals surface area (Å²) in [7, 11) is 0. The van der Waals surface area contributed by atoms with E-state index in [0.717, 1.165) is 29.5 Å². The Bertz CT molecular complexity index is 840. The molecule has 4 rings (SSSR count). The number of rotatable bonds is 6. The lowest BCUT2D eigenvalue weighted by atomic mass is 9.92. The molecule has 7 heteroatoms. The average Bonchev–Trinajstić information content (AvgIpc) is 3.05. The van der Waals surface area contributed by atoms with Gasteiger partial charge in [-0.3, -0.25) is 14.3 Å². The Kier molecular flexibility index (Phi) is 6.21. The summed E-state index contributed by atoms with van der Waals surface area (Å²) in [4.78, 5) is 22.6. The molecule has 1 saturated heterocycles. The van der Waals surface area contributed by atoms with Gasteiger partial charge in [-0.15, -0.1) is 11.3 Å². The highest BCUT2D eigenvalue weighted by Gasteiger charge is 2.29. The molecule has 0 saturated carbocycles. The zero-order valence-corrected chi connectivity index (χ0v) is 17.9. The molecule has 1 fully saturated rings. The van der Waals surface area contributed by atoms with Crippen LogP contribution in [0.2, 0.25) is 0 Å². The van der Waals surface area contributed by atoms with Crippen molar-refractivity contribution < 1.29 is 4.74 Å². The Hall–Kier alpha value is -0.890. The molecule has 1 atom stereocenters. The van der Waals surface area contributed by atoms with Crippen LogP contribution in [0.4, 0.5) is 0 Å². The third-order valence-corrected chi connectivity index (χ3v) is 7.67. The maximum absolute atomic E-state index is 13.0. The Balaban J connectivity index is 1.52. The van der Waals surface area contributed by atoms with E-state index in [2.05, 4.69) is 21.6 Å². The molecular weight excluding hydrogens is 378 g/mol. The quantitative estimate of drug-likeness (QED) is 0.689. The Morgan fingerprint density at radius 2 is 2.15 bits per heavy atom. The summed E-state index contributed by atoms with van der Waals surface area (Å²) in [6.07, 6.45) is 6.07. The highest BCUT2D eigenvalue weighted by molar-refractivity contribution is 7.99. The predicted octanol–water partition coefficient (Wildman–Crippen LogP) is 3.18. The summed E-state index contributed by atoms with van der Waals surface area (Å²) in [5.74, 6) is 2.51. The van der Waals surface area contributed by atoms with Gasteiger partial charge in [-0.1, -0.05) is 0 Å². The molecule has 0 amide bonds. The summed E-state index contributed by atoms with van der Waals surface area (Å²) in [6.45, 7) is 7.84. The fourth-order valence-electron chi connectivity index (χ4n) is 4.15. The zero-order chi connectivity index (χ0) is 18.8. The summed E-state index contributed by atoms with van der Waals surface area (Å²) < 4.78 is 7.37. The van der Waals surface area contributed by atoms with E-state index < -0.39 is 0 Å². The van der Waals surface area contributed by atoms with Crippen LogP contribution in [0.1, 0.15) is 37.1 Å². The van der Waals surface area contributed by atoms with Gasteiger partial charge in [0, 0.05) is 48.7 Å². The van der Waals surface area contributed by atoms with Gasteiger partial charge >= 0.3 is 0 Å². The summed E-state index contributed by atoms with van der Waals surface area (Å²) in [6, 6.07) is 0.641. The molecule has 0 aromatic carbocycles. The van der Waals surface area contributed by atoms with E-state index in [1.165, 1.54) is 41.5 Å². The largest absolute Gasteiger partial charge is 0.379 e. The lowest BCUT2D eigenvalue weighted by Gasteiger charge is -2.36. The topological polar surface area (TPSA) is 47.4 Å². The monoisotopic (exact) mass is 407 g/mol. The second-order valence-electron chi connectivity index (χ2n) is 7.75. The smallest absolute Gasteiger partial charge is 0.262 e. The van der Waals surface area contributed by atoms with Crippen molar-refractivity contribution in [3.8, 4) is 0 Å². The number of nitrogens with zero attached hydrogens (tertiary/aromatic N) is 3. The summed E-state index contributed by atoms with van der Waals surface area (Å²) >= 11 is 3.80. The highest BCUT2D eigenvalue weighted by atomic mass is 32.2. The fourth-order valence-corrected chi connectivity index (χ4v) is 6.33. The minimum Gasteiger partial charge on any atom is -0.379 e. The number of ether oxygens (including phenoxy) is 1. The van der Waals surface area contributed by atoms with Crippen molar-refractivity contribution in [1.29, 1.82) is 0 Å². The van der Waals surface area contributed by atoms with E-state index in [0.29, 0.717) is 19.2 Å². The first-order valence-electron chi connectivity index (χ1n) is 10.1. The maximum Gasteiger partial charge on any atom is 0.262 e. The van der Waals surface area contributed by atoms with Crippen LogP contribution in [0.3, 0.4) is 0 Å². The van der Waals surface area contributed by atoms with E-state index in [4.69, 9.17) is 4.74 Å². The fraction of sp³-hybridized carbons (Fsp3) is 0.700. The molecule has 0 radical (unpaired) electrons. The molecule has 27 heavy (non-hydrogen) atoms. The molecule has 0 N–H and O–H groups in total. The molecule has 148 valence electrons. The van der Waals surface area contributed by atoms with Gasteiger partial charge in [0.1, 0.15) is 4.83 Å². The summed E-state index contributed by atoms with van der Waals surface area (Å²) in [5, 5.41) is 0.884. The van der Waals surface area contributed by atoms with Crippen molar-refractivity contribution in [2.75, 3.05) is 31.2 Å². The van der Waals surface area contributed by atoms with E-state index in [1.54, 1.807) is 22.2 Å². The van der Waals surface area contributed by atoms with Gasteiger partial charge < -0.3 is 4.74 Å². The molecular formula is C20H29N3O2S2. The lowest BCUT2D eigenvalue weighted by molar-refractivity contribution is 0.0747. The lowest BCUT2D eigenvalue weighted by Crippen LogP contribution is -2.43. The van der Waals surface area contributed by atoms with Crippen LogP contribution in [0, 0.1) is 0 Å². The third-order valence-electron chi connectivity index (χ3n) is 5.57. The number of hydrogen-bond acceptors (Lipinski definition) is 6. The third kappa shape index (κ3) is 4.26. The first-order valence-corrected chi connectivity index (χ1v) is 12.0. The van der Waals surface area contributed by atoms with Gasteiger partial charge in [-0.05, 0) is 45.1 Å².